The first-order valence-corrected chi connectivity index (χ1v) is 9.47. The van der Waals surface area contributed by atoms with E-state index < -0.39 is 28.1 Å². The number of sulfonamides is 1. The summed E-state index contributed by atoms with van der Waals surface area (Å²) < 4.78 is 31.5. The first-order valence-electron chi connectivity index (χ1n) is 7.99. The summed E-state index contributed by atoms with van der Waals surface area (Å²) in [6.45, 7) is 2.97. The van der Waals surface area contributed by atoms with E-state index in [2.05, 4.69) is 15.0 Å². The van der Waals surface area contributed by atoms with Crippen LogP contribution in [-0.4, -0.2) is 44.3 Å². The Kier molecular flexibility index (Phi) is 4.51. The maximum Gasteiger partial charge on any atom is 0.331 e. The minimum atomic E-state index is -3.67. The average molecular weight is 365 g/mol. The Balaban J connectivity index is 1.69. The fourth-order valence-corrected chi connectivity index (χ4v) is 3.59. The van der Waals surface area contributed by atoms with E-state index >= 15 is 0 Å². The highest BCUT2D eigenvalue weighted by Crippen LogP contribution is 2.23. The minimum Gasteiger partial charge on any atom is -0.451 e. The first kappa shape index (κ1) is 17.4. The number of aliphatic imine (C=N–C) groups is 1. The Morgan fingerprint density at radius 3 is 2.64 bits per heavy atom. The number of nitrogens with one attached hydrogen (secondary N) is 2. The smallest absolute Gasteiger partial charge is 0.331 e. The van der Waals surface area contributed by atoms with Crippen molar-refractivity contribution < 1.29 is 22.7 Å². The van der Waals surface area contributed by atoms with Crippen molar-refractivity contribution in [2.45, 2.75) is 49.8 Å². The van der Waals surface area contributed by atoms with Gasteiger partial charge in [0.25, 0.3) is 15.9 Å². The highest BCUT2D eigenvalue weighted by Gasteiger charge is 2.32. The van der Waals surface area contributed by atoms with Crippen LogP contribution in [0.15, 0.2) is 34.2 Å². The van der Waals surface area contributed by atoms with Crippen LogP contribution in [0.5, 0.6) is 0 Å². The van der Waals surface area contributed by atoms with E-state index in [1.54, 1.807) is 18.2 Å². The molecule has 1 saturated carbocycles. The number of ether oxygens (including phenoxy) is 1. The molecule has 3 rings (SSSR count). The number of carbonyl (C=O) groups excluding carboxylic acids is 2. The summed E-state index contributed by atoms with van der Waals surface area (Å²) in [7, 11) is -3.67. The Morgan fingerprint density at radius 2 is 1.96 bits per heavy atom. The number of rotatable bonds is 5. The van der Waals surface area contributed by atoms with E-state index in [1.165, 1.54) is 19.9 Å². The molecule has 2 N–H and O–H groups in total. The Labute approximate surface area is 145 Å². The van der Waals surface area contributed by atoms with Gasteiger partial charge < -0.3 is 10.1 Å². The second-order valence-electron chi connectivity index (χ2n) is 6.12. The van der Waals surface area contributed by atoms with Gasteiger partial charge in [-0.3, -0.25) is 14.5 Å². The summed E-state index contributed by atoms with van der Waals surface area (Å²) >= 11 is 0. The minimum absolute atomic E-state index is 0.0927. The Bertz CT molecular complexity index is 845. The molecule has 134 valence electrons. The summed E-state index contributed by atoms with van der Waals surface area (Å²) in [6.07, 6.45) is 0.953. The number of carbonyl (C=O) groups is 2. The number of fused-ring (bicyclic) bond motifs is 1. The van der Waals surface area contributed by atoms with Gasteiger partial charge in [0.05, 0.1) is 4.90 Å². The fraction of sp³-hybridized carbons (Fsp3) is 0.438. The van der Waals surface area contributed by atoms with Crippen LogP contribution in [0.4, 0.5) is 0 Å². The lowest BCUT2D eigenvalue weighted by Crippen LogP contribution is -2.38. The van der Waals surface area contributed by atoms with Gasteiger partial charge in [0.1, 0.15) is 11.9 Å². The molecule has 1 unspecified atom stereocenters. The van der Waals surface area contributed by atoms with E-state index in [9.17, 15) is 18.0 Å². The molecule has 25 heavy (non-hydrogen) atoms. The molecular weight excluding hydrogens is 346 g/mol. The molecule has 8 nitrogen and oxygen atoms in total. The molecule has 1 fully saturated rings. The molecule has 1 heterocycles. The molecule has 1 aliphatic carbocycles. The highest BCUT2D eigenvalue weighted by molar-refractivity contribution is 7.90. The lowest BCUT2D eigenvalue weighted by Gasteiger charge is -2.15. The number of amides is 1. The second-order valence-corrected chi connectivity index (χ2v) is 7.77. The van der Waals surface area contributed by atoms with E-state index in [4.69, 9.17) is 4.74 Å². The SMILES string of the molecule is CC(OC(=O)[C@H](C)N=C1NS(=O)(=O)c2ccccc21)C(=O)NC1CC1. The molecule has 1 amide bonds. The maximum atomic E-state index is 12.1. The molecule has 1 aliphatic heterocycles. The lowest BCUT2D eigenvalue weighted by molar-refractivity contribution is -0.155. The van der Waals surface area contributed by atoms with Crippen LogP contribution in [0, 0.1) is 0 Å². The molecule has 0 saturated heterocycles. The van der Waals surface area contributed by atoms with Crippen molar-refractivity contribution in [3.8, 4) is 0 Å². The number of amidine groups is 1. The van der Waals surface area contributed by atoms with Crippen LogP contribution in [0.2, 0.25) is 0 Å². The summed E-state index contributed by atoms with van der Waals surface area (Å²) in [5, 5.41) is 2.75. The monoisotopic (exact) mass is 365 g/mol. The van der Waals surface area contributed by atoms with Crippen LogP contribution in [0.1, 0.15) is 32.3 Å². The van der Waals surface area contributed by atoms with Crippen molar-refractivity contribution in [1.29, 1.82) is 0 Å². The van der Waals surface area contributed by atoms with Crippen LogP contribution < -0.4 is 10.0 Å². The summed E-state index contributed by atoms with van der Waals surface area (Å²) in [6, 6.07) is 5.59. The van der Waals surface area contributed by atoms with Crippen LogP contribution in [0.3, 0.4) is 0 Å². The van der Waals surface area contributed by atoms with Crippen LogP contribution >= 0.6 is 0 Å². The number of esters is 1. The number of hydrogen-bond acceptors (Lipinski definition) is 6. The van der Waals surface area contributed by atoms with E-state index in [0.29, 0.717) is 5.56 Å². The van der Waals surface area contributed by atoms with E-state index in [0.717, 1.165) is 12.8 Å². The van der Waals surface area contributed by atoms with Gasteiger partial charge >= 0.3 is 5.97 Å². The van der Waals surface area contributed by atoms with Gasteiger partial charge in [0, 0.05) is 11.6 Å². The third kappa shape index (κ3) is 3.81. The Hall–Kier alpha value is -2.42. The van der Waals surface area contributed by atoms with Crippen molar-refractivity contribution in [1.82, 2.24) is 10.0 Å². The van der Waals surface area contributed by atoms with Gasteiger partial charge in [-0.05, 0) is 38.8 Å². The zero-order valence-electron chi connectivity index (χ0n) is 13.9. The fourth-order valence-electron chi connectivity index (χ4n) is 2.35. The number of benzene rings is 1. The zero-order valence-corrected chi connectivity index (χ0v) is 14.7. The van der Waals surface area contributed by atoms with Crippen LogP contribution in [0.25, 0.3) is 0 Å². The highest BCUT2D eigenvalue weighted by atomic mass is 32.2. The number of nitrogens with zero attached hydrogens (tertiary/aromatic N) is 1. The van der Waals surface area contributed by atoms with Crippen molar-refractivity contribution in [2.24, 2.45) is 4.99 Å². The molecule has 1 aromatic rings. The normalized spacial score (nSPS) is 21.8. The van der Waals surface area contributed by atoms with E-state index in [-0.39, 0.29) is 22.7 Å². The zero-order chi connectivity index (χ0) is 18.2. The van der Waals surface area contributed by atoms with Crippen molar-refractivity contribution >= 4 is 27.7 Å². The predicted octanol–water partition coefficient (Wildman–Crippen LogP) is 0.324. The standard InChI is InChI=1S/C16H19N3O5S/c1-9(16(21)24-10(2)15(20)18-11-7-8-11)17-14-12-5-3-4-6-13(12)25(22,23)19-14/h3-6,9-11H,7-8H2,1-2H3,(H,17,19)(H,18,20)/t9-,10?/m0/s1. The van der Waals surface area contributed by atoms with E-state index in [1.807, 2.05) is 0 Å². The molecule has 0 bridgehead atoms. The topological polar surface area (TPSA) is 114 Å². The van der Waals surface area contributed by atoms with Crippen LogP contribution in [-0.2, 0) is 24.3 Å². The predicted molar refractivity (Wildman–Crippen MR) is 89.5 cm³/mol. The van der Waals surface area contributed by atoms with Crippen molar-refractivity contribution in [3.63, 3.8) is 0 Å². The quantitative estimate of drug-likeness (QED) is 0.730. The lowest BCUT2D eigenvalue weighted by atomic mass is 10.2. The van der Waals surface area contributed by atoms with Crippen molar-refractivity contribution in [2.75, 3.05) is 0 Å². The molecule has 2 aliphatic rings. The van der Waals surface area contributed by atoms with Gasteiger partial charge in [-0.25, -0.2) is 13.2 Å². The van der Waals surface area contributed by atoms with Gasteiger partial charge in [0.15, 0.2) is 6.10 Å². The third-order valence-corrected chi connectivity index (χ3v) is 5.31. The first-order chi connectivity index (χ1) is 11.8. The van der Waals surface area contributed by atoms with Gasteiger partial charge in [-0.2, -0.15) is 0 Å². The number of hydrogen-bond donors (Lipinski definition) is 2. The largest absolute Gasteiger partial charge is 0.451 e. The molecular formula is C16H19N3O5S. The van der Waals surface area contributed by atoms with Gasteiger partial charge in [-0.1, -0.05) is 12.1 Å². The molecule has 0 radical (unpaired) electrons. The maximum absolute atomic E-state index is 12.1. The molecule has 1 aromatic carbocycles. The van der Waals surface area contributed by atoms with Gasteiger partial charge in [0.2, 0.25) is 0 Å². The Morgan fingerprint density at radius 1 is 1.28 bits per heavy atom. The summed E-state index contributed by atoms with van der Waals surface area (Å²) in [4.78, 5) is 28.2. The second kappa shape index (κ2) is 6.47. The average Bonchev–Trinajstić information content (AvgIpc) is 3.33. The third-order valence-electron chi connectivity index (χ3n) is 3.91. The van der Waals surface area contributed by atoms with Gasteiger partial charge in [-0.15, -0.1) is 0 Å². The summed E-state index contributed by atoms with van der Waals surface area (Å²) in [5.74, 6) is -0.952. The molecule has 0 aromatic heterocycles. The molecule has 0 spiro atoms. The summed E-state index contributed by atoms with van der Waals surface area (Å²) in [5.41, 5.74) is 0.404. The van der Waals surface area contributed by atoms with Crippen molar-refractivity contribution in [3.05, 3.63) is 29.8 Å². The molecule has 2 atom stereocenters. The molecule has 9 heteroatoms.